The van der Waals surface area contributed by atoms with E-state index in [0.29, 0.717) is 49.8 Å². The first kappa shape index (κ1) is 22.6. The van der Waals surface area contributed by atoms with E-state index in [2.05, 4.69) is 16.0 Å². The highest BCUT2D eigenvalue weighted by Crippen LogP contribution is 2.34. The Balaban J connectivity index is 1.19. The molecular weight excluding hydrogens is 418 g/mol. The van der Waals surface area contributed by atoms with E-state index in [1.165, 1.54) is 0 Å². The van der Waals surface area contributed by atoms with Crippen LogP contribution in [0.25, 0.3) is 0 Å². The lowest BCUT2D eigenvalue weighted by atomic mass is 9.96. The summed E-state index contributed by atoms with van der Waals surface area (Å²) in [6, 6.07) is 4.50. The maximum absolute atomic E-state index is 12.4. The van der Waals surface area contributed by atoms with Crippen LogP contribution in [0.15, 0.2) is 18.2 Å². The Bertz CT molecular complexity index is 800. The summed E-state index contributed by atoms with van der Waals surface area (Å²) in [5, 5.41) is 18.4. The van der Waals surface area contributed by atoms with Crippen LogP contribution < -0.4 is 25.4 Å². The van der Waals surface area contributed by atoms with Crippen molar-refractivity contribution < 1.29 is 33.6 Å². The molecule has 1 aromatic carbocycles. The van der Waals surface area contributed by atoms with Crippen LogP contribution in [0.1, 0.15) is 32.1 Å². The maximum Gasteiger partial charge on any atom is 0.319 e. The molecule has 0 saturated carbocycles. The second kappa shape index (κ2) is 10.8. The number of urea groups is 1. The summed E-state index contributed by atoms with van der Waals surface area (Å²) in [6.45, 7) is 1.78. The second-order valence-corrected chi connectivity index (χ2v) is 8.30. The molecule has 3 aliphatic rings. The van der Waals surface area contributed by atoms with Crippen molar-refractivity contribution in [1.29, 1.82) is 0 Å². The van der Waals surface area contributed by atoms with Crippen LogP contribution in [0.5, 0.6) is 11.5 Å². The summed E-state index contributed by atoms with van der Waals surface area (Å²) in [7, 11) is 0. The molecule has 4 N–H and O–H groups in total. The van der Waals surface area contributed by atoms with Gasteiger partial charge in [-0.25, -0.2) is 4.79 Å². The Morgan fingerprint density at radius 2 is 1.88 bits per heavy atom. The van der Waals surface area contributed by atoms with Crippen LogP contribution in [-0.2, 0) is 14.3 Å². The third kappa shape index (κ3) is 5.81. The molecule has 2 saturated heterocycles. The highest BCUT2D eigenvalue weighted by molar-refractivity contribution is 5.90. The van der Waals surface area contributed by atoms with Gasteiger partial charge in [-0.1, -0.05) is 0 Å². The largest absolute Gasteiger partial charge is 0.454 e. The molecule has 176 valence electrons. The smallest absolute Gasteiger partial charge is 0.319 e. The Morgan fingerprint density at radius 3 is 2.69 bits per heavy atom. The molecule has 2 fully saturated rings. The van der Waals surface area contributed by atoms with E-state index in [1.807, 2.05) is 0 Å². The zero-order valence-corrected chi connectivity index (χ0v) is 18.0. The Hall–Kier alpha value is -2.56. The number of hydrogen-bond acceptors (Lipinski definition) is 7. The van der Waals surface area contributed by atoms with Gasteiger partial charge in [0.2, 0.25) is 12.7 Å². The van der Waals surface area contributed by atoms with Gasteiger partial charge in [0, 0.05) is 37.4 Å². The SMILES string of the molecule is O=C(Nc1ccc2c(c1)OCO2)N[C@@H]1CC[C@H](CCNC(=O)C2CCOCC2)O[C@H]1CO. The number of rotatable bonds is 7. The molecule has 10 nitrogen and oxygen atoms in total. The molecule has 3 atom stereocenters. The fourth-order valence-corrected chi connectivity index (χ4v) is 4.28. The van der Waals surface area contributed by atoms with Crippen LogP contribution in [0.4, 0.5) is 10.5 Å². The molecule has 3 aliphatic heterocycles. The third-order valence-corrected chi connectivity index (χ3v) is 6.10. The second-order valence-electron chi connectivity index (χ2n) is 8.30. The number of nitrogens with one attached hydrogen (secondary N) is 3. The van der Waals surface area contributed by atoms with Crippen molar-refractivity contribution in [2.75, 3.05) is 38.5 Å². The van der Waals surface area contributed by atoms with E-state index in [4.69, 9.17) is 18.9 Å². The van der Waals surface area contributed by atoms with Gasteiger partial charge in [-0.3, -0.25) is 4.79 Å². The van der Waals surface area contributed by atoms with Crippen molar-refractivity contribution in [3.63, 3.8) is 0 Å². The maximum atomic E-state index is 12.4. The first-order chi connectivity index (χ1) is 15.6. The molecule has 10 heteroatoms. The van der Waals surface area contributed by atoms with Crippen LogP contribution in [-0.4, -0.2) is 68.5 Å². The van der Waals surface area contributed by atoms with Gasteiger partial charge in [0.25, 0.3) is 0 Å². The van der Waals surface area contributed by atoms with E-state index in [1.54, 1.807) is 18.2 Å². The summed E-state index contributed by atoms with van der Waals surface area (Å²) in [6.07, 6.45) is 3.04. The van der Waals surface area contributed by atoms with Gasteiger partial charge in [-0.2, -0.15) is 0 Å². The summed E-state index contributed by atoms with van der Waals surface area (Å²) in [5.41, 5.74) is 0.585. The fraction of sp³-hybridized carbons (Fsp3) is 0.636. The van der Waals surface area contributed by atoms with Crippen LogP contribution in [0, 0.1) is 5.92 Å². The Kier molecular flexibility index (Phi) is 7.67. The molecule has 0 spiro atoms. The van der Waals surface area contributed by atoms with Gasteiger partial charge in [0.1, 0.15) is 6.10 Å². The zero-order chi connectivity index (χ0) is 22.3. The molecule has 3 amide bonds. The van der Waals surface area contributed by atoms with E-state index >= 15 is 0 Å². The summed E-state index contributed by atoms with van der Waals surface area (Å²) < 4.78 is 21.9. The minimum Gasteiger partial charge on any atom is -0.454 e. The van der Waals surface area contributed by atoms with E-state index in [0.717, 1.165) is 19.3 Å². The minimum absolute atomic E-state index is 0.0260. The highest BCUT2D eigenvalue weighted by Gasteiger charge is 2.32. The lowest BCUT2D eigenvalue weighted by molar-refractivity contribution is -0.128. The summed E-state index contributed by atoms with van der Waals surface area (Å²) in [4.78, 5) is 24.7. The number of anilines is 1. The number of carbonyl (C=O) groups is 2. The average Bonchev–Trinajstić information content (AvgIpc) is 3.28. The average molecular weight is 450 g/mol. The Morgan fingerprint density at radius 1 is 1.06 bits per heavy atom. The van der Waals surface area contributed by atoms with E-state index in [9.17, 15) is 14.7 Å². The normalized spacial score (nSPS) is 25.2. The van der Waals surface area contributed by atoms with Crippen molar-refractivity contribution >= 4 is 17.6 Å². The summed E-state index contributed by atoms with van der Waals surface area (Å²) >= 11 is 0. The molecule has 1 aromatic rings. The van der Waals surface area contributed by atoms with E-state index in [-0.39, 0.29) is 43.4 Å². The quantitative estimate of drug-likeness (QED) is 0.495. The van der Waals surface area contributed by atoms with Crippen molar-refractivity contribution in [2.45, 2.75) is 50.4 Å². The van der Waals surface area contributed by atoms with Crippen molar-refractivity contribution in [3.05, 3.63) is 18.2 Å². The van der Waals surface area contributed by atoms with Gasteiger partial charge in [-0.05, 0) is 44.2 Å². The number of carbonyl (C=O) groups excluding carboxylic acids is 2. The van der Waals surface area contributed by atoms with Gasteiger partial charge >= 0.3 is 6.03 Å². The van der Waals surface area contributed by atoms with Crippen molar-refractivity contribution in [3.8, 4) is 11.5 Å². The molecule has 0 aromatic heterocycles. The number of fused-ring (bicyclic) bond motifs is 1. The third-order valence-electron chi connectivity index (χ3n) is 6.10. The molecule has 4 rings (SSSR count). The van der Waals surface area contributed by atoms with Crippen LogP contribution >= 0.6 is 0 Å². The molecule has 0 bridgehead atoms. The highest BCUT2D eigenvalue weighted by atomic mass is 16.7. The van der Waals surface area contributed by atoms with Gasteiger partial charge < -0.3 is 40.0 Å². The number of amides is 3. The first-order valence-corrected chi connectivity index (χ1v) is 11.2. The number of aliphatic hydroxyl groups is 1. The monoisotopic (exact) mass is 449 g/mol. The predicted molar refractivity (Wildman–Crippen MR) is 115 cm³/mol. The lowest BCUT2D eigenvalue weighted by Gasteiger charge is -2.36. The Labute approximate surface area is 186 Å². The van der Waals surface area contributed by atoms with Crippen molar-refractivity contribution in [1.82, 2.24) is 10.6 Å². The standard InChI is InChI=1S/C22H31N3O7/c26-12-20-17(25-22(28)24-15-1-4-18-19(11-15)31-13-30-18)3-2-16(32-20)5-8-23-21(27)14-6-9-29-10-7-14/h1,4,11,14,16-17,20,26H,2-3,5-10,12-13H2,(H,23,27)(H2,24,25,28)/t16-,17-,20+/m1/s1. The molecule has 3 heterocycles. The number of aliphatic hydroxyl groups excluding tert-OH is 1. The van der Waals surface area contributed by atoms with Crippen LogP contribution in [0.3, 0.4) is 0 Å². The molecule has 0 radical (unpaired) electrons. The van der Waals surface area contributed by atoms with E-state index < -0.39 is 6.10 Å². The zero-order valence-electron chi connectivity index (χ0n) is 18.0. The van der Waals surface area contributed by atoms with Crippen molar-refractivity contribution in [2.24, 2.45) is 5.92 Å². The first-order valence-electron chi connectivity index (χ1n) is 11.2. The topological polar surface area (TPSA) is 127 Å². The molecule has 0 unspecified atom stereocenters. The fourth-order valence-electron chi connectivity index (χ4n) is 4.28. The van der Waals surface area contributed by atoms with Gasteiger partial charge in [0.05, 0.1) is 18.8 Å². The van der Waals surface area contributed by atoms with Crippen LogP contribution in [0.2, 0.25) is 0 Å². The number of ether oxygens (including phenoxy) is 4. The van der Waals surface area contributed by atoms with Gasteiger partial charge in [0.15, 0.2) is 11.5 Å². The molecule has 0 aliphatic carbocycles. The minimum atomic E-state index is -0.498. The van der Waals surface area contributed by atoms with Gasteiger partial charge in [-0.15, -0.1) is 0 Å². The molecular formula is C22H31N3O7. The summed E-state index contributed by atoms with van der Waals surface area (Å²) in [5.74, 6) is 1.33. The lowest BCUT2D eigenvalue weighted by Crippen LogP contribution is -2.52. The number of hydrogen-bond donors (Lipinski definition) is 4. The predicted octanol–water partition coefficient (Wildman–Crippen LogP) is 1.38. The molecule has 32 heavy (non-hydrogen) atoms. The number of benzene rings is 1.